The molecule has 5 atom stereocenters. The van der Waals surface area contributed by atoms with E-state index in [-0.39, 0.29) is 36.0 Å². The smallest absolute Gasteiger partial charge is 0.338 e. The molecule has 1 aliphatic heterocycles. The van der Waals surface area contributed by atoms with Gasteiger partial charge in [-0.05, 0) is 35.6 Å². The van der Waals surface area contributed by atoms with Gasteiger partial charge in [0.15, 0.2) is 0 Å². The topological polar surface area (TPSA) is 72.8 Å². The third-order valence-electron chi connectivity index (χ3n) is 7.89. The van der Waals surface area contributed by atoms with Crippen LogP contribution in [0.25, 0.3) is 11.1 Å². The number of rotatable bonds is 7. The number of aliphatic hydroxyl groups excluding tert-OH is 1. The van der Waals surface area contributed by atoms with E-state index < -0.39 is 6.10 Å². The van der Waals surface area contributed by atoms with E-state index >= 15 is 0 Å². The lowest BCUT2D eigenvalue weighted by Crippen LogP contribution is -2.25. The first-order valence-corrected chi connectivity index (χ1v) is 13.0. The Labute approximate surface area is 207 Å². The fraction of sp³-hybridized carbons (Fsp3) is 0.467. The van der Waals surface area contributed by atoms with Crippen LogP contribution in [0, 0.1) is 17.8 Å². The maximum atomic E-state index is 13.0. The number of fused-ring (bicyclic) bond motifs is 1. The second-order valence-electron chi connectivity index (χ2n) is 10.3. The van der Waals surface area contributed by atoms with Crippen LogP contribution in [0.15, 0.2) is 66.7 Å². The van der Waals surface area contributed by atoms with Gasteiger partial charge in [0.05, 0.1) is 18.1 Å². The Balaban J connectivity index is 1.25. The number of hydrogen-bond acceptors (Lipinski definition) is 5. The molecule has 5 nitrogen and oxygen atoms in total. The quantitative estimate of drug-likeness (QED) is 0.411. The highest BCUT2D eigenvalue weighted by molar-refractivity contribution is 5.90. The maximum absolute atomic E-state index is 13.0. The maximum Gasteiger partial charge on any atom is 0.338 e. The Hall–Kier alpha value is -2.92. The van der Waals surface area contributed by atoms with Crippen molar-refractivity contribution in [3.05, 3.63) is 72.3 Å². The molecule has 0 unspecified atom stereocenters. The summed E-state index contributed by atoms with van der Waals surface area (Å²) in [5, 5.41) is 10.6. The molecule has 3 aliphatic rings. The SMILES string of the molecule is O=C1C[C@@H]2[C@@H](/C=C/[C@@H](O)CC3CCCCC3)[C@H](OC(=O)c3ccc(-c4ccccc4)cc3)C[C@@H]2O1. The normalized spacial score (nSPS) is 27.5. The average molecular weight is 475 g/mol. The van der Waals surface area contributed by atoms with Crippen LogP contribution in [0.3, 0.4) is 0 Å². The molecule has 0 bridgehead atoms. The zero-order valence-electron chi connectivity index (χ0n) is 20.1. The highest BCUT2D eigenvalue weighted by Crippen LogP contribution is 2.44. The summed E-state index contributed by atoms with van der Waals surface area (Å²) in [5.41, 5.74) is 2.63. The van der Waals surface area contributed by atoms with E-state index in [9.17, 15) is 14.7 Å². The van der Waals surface area contributed by atoms with Gasteiger partial charge >= 0.3 is 11.9 Å². The van der Waals surface area contributed by atoms with Crippen molar-refractivity contribution in [2.75, 3.05) is 0 Å². The lowest BCUT2D eigenvalue weighted by Gasteiger charge is -2.24. The molecule has 0 radical (unpaired) electrons. The number of hydrogen-bond donors (Lipinski definition) is 1. The van der Waals surface area contributed by atoms with Gasteiger partial charge in [-0.25, -0.2) is 4.79 Å². The van der Waals surface area contributed by atoms with Crippen LogP contribution in [0.4, 0.5) is 0 Å². The van der Waals surface area contributed by atoms with E-state index in [4.69, 9.17) is 9.47 Å². The van der Waals surface area contributed by atoms with Gasteiger partial charge in [0.2, 0.25) is 0 Å². The van der Waals surface area contributed by atoms with E-state index in [1.54, 1.807) is 12.1 Å². The molecule has 2 aromatic rings. The number of esters is 2. The van der Waals surface area contributed by atoms with Crippen molar-refractivity contribution in [3.63, 3.8) is 0 Å². The Morgan fingerprint density at radius 2 is 1.74 bits per heavy atom. The van der Waals surface area contributed by atoms with Gasteiger partial charge in [0.1, 0.15) is 12.2 Å². The number of benzene rings is 2. The lowest BCUT2D eigenvalue weighted by atomic mass is 9.85. The van der Waals surface area contributed by atoms with Crippen molar-refractivity contribution in [1.29, 1.82) is 0 Å². The molecular weight excluding hydrogens is 440 g/mol. The van der Waals surface area contributed by atoms with E-state index in [0.717, 1.165) is 17.5 Å². The van der Waals surface area contributed by atoms with Gasteiger partial charge in [0.25, 0.3) is 0 Å². The summed E-state index contributed by atoms with van der Waals surface area (Å²) >= 11 is 0. The van der Waals surface area contributed by atoms with Crippen molar-refractivity contribution in [2.24, 2.45) is 17.8 Å². The van der Waals surface area contributed by atoms with Crippen molar-refractivity contribution >= 4 is 11.9 Å². The fourth-order valence-corrected chi connectivity index (χ4v) is 6.02. The summed E-state index contributed by atoms with van der Waals surface area (Å²) in [6.45, 7) is 0. The summed E-state index contributed by atoms with van der Waals surface area (Å²) in [5.74, 6) is -0.146. The monoisotopic (exact) mass is 474 g/mol. The molecule has 1 heterocycles. The highest BCUT2D eigenvalue weighted by atomic mass is 16.6. The van der Waals surface area contributed by atoms with Gasteiger partial charge in [-0.3, -0.25) is 4.79 Å². The Morgan fingerprint density at radius 1 is 1.03 bits per heavy atom. The molecule has 5 heteroatoms. The van der Waals surface area contributed by atoms with Crippen LogP contribution in [-0.4, -0.2) is 35.4 Å². The highest BCUT2D eigenvalue weighted by Gasteiger charge is 2.50. The van der Waals surface area contributed by atoms with Crippen LogP contribution < -0.4 is 0 Å². The van der Waals surface area contributed by atoms with Crippen molar-refractivity contribution < 1.29 is 24.2 Å². The first kappa shape index (κ1) is 23.8. The lowest BCUT2D eigenvalue weighted by molar-refractivity contribution is -0.141. The van der Waals surface area contributed by atoms with Crippen LogP contribution in [0.5, 0.6) is 0 Å². The summed E-state index contributed by atoms with van der Waals surface area (Å²) in [7, 11) is 0. The molecule has 5 rings (SSSR count). The van der Waals surface area contributed by atoms with Gasteiger partial charge < -0.3 is 14.6 Å². The first-order valence-electron chi connectivity index (χ1n) is 13.0. The van der Waals surface area contributed by atoms with Gasteiger partial charge in [-0.1, -0.05) is 86.7 Å². The third kappa shape index (κ3) is 5.67. The number of carbonyl (C=O) groups is 2. The zero-order valence-corrected chi connectivity index (χ0v) is 20.1. The molecule has 2 aromatic carbocycles. The minimum Gasteiger partial charge on any atom is -0.462 e. The van der Waals surface area contributed by atoms with E-state index in [0.29, 0.717) is 24.3 Å². The van der Waals surface area contributed by atoms with Crippen LogP contribution >= 0.6 is 0 Å². The molecule has 2 saturated carbocycles. The third-order valence-corrected chi connectivity index (χ3v) is 7.89. The average Bonchev–Trinajstić information content (AvgIpc) is 3.39. The largest absolute Gasteiger partial charge is 0.462 e. The molecule has 1 N–H and O–H groups in total. The minimum atomic E-state index is -0.517. The molecule has 3 fully saturated rings. The molecule has 0 spiro atoms. The van der Waals surface area contributed by atoms with Crippen molar-refractivity contribution in [3.8, 4) is 11.1 Å². The minimum absolute atomic E-state index is 0.0149. The van der Waals surface area contributed by atoms with E-state index in [2.05, 4.69) is 0 Å². The Kier molecular flexibility index (Phi) is 7.33. The predicted octanol–water partition coefficient (Wildman–Crippen LogP) is 5.72. The number of aliphatic hydroxyl groups is 1. The number of carbonyl (C=O) groups excluding carboxylic acids is 2. The van der Waals surface area contributed by atoms with Crippen LogP contribution in [0.2, 0.25) is 0 Å². The van der Waals surface area contributed by atoms with Gasteiger partial charge in [-0.15, -0.1) is 0 Å². The molecule has 2 aliphatic carbocycles. The van der Waals surface area contributed by atoms with Crippen LogP contribution in [0.1, 0.15) is 61.7 Å². The summed E-state index contributed by atoms with van der Waals surface area (Å²) < 4.78 is 11.4. The van der Waals surface area contributed by atoms with Crippen molar-refractivity contribution in [1.82, 2.24) is 0 Å². The first-order chi connectivity index (χ1) is 17.1. The molecule has 184 valence electrons. The summed E-state index contributed by atoms with van der Waals surface area (Å²) in [6.07, 6.45) is 10.5. The van der Waals surface area contributed by atoms with E-state index in [1.807, 2.05) is 54.6 Å². The summed E-state index contributed by atoms with van der Waals surface area (Å²) in [6, 6.07) is 17.5. The molecule has 1 saturated heterocycles. The van der Waals surface area contributed by atoms with Gasteiger partial charge in [-0.2, -0.15) is 0 Å². The molecule has 0 aromatic heterocycles. The number of ether oxygens (including phenoxy) is 2. The summed E-state index contributed by atoms with van der Waals surface area (Å²) in [4.78, 5) is 24.9. The predicted molar refractivity (Wildman–Crippen MR) is 134 cm³/mol. The van der Waals surface area contributed by atoms with Crippen LogP contribution in [-0.2, 0) is 14.3 Å². The molecular formula is C30H34O5. The Morgan fingerprint density at radius 3 is 2.49 bits per heavy atom. The Bertz CT molecular complexity index is 1040. The molecule has 35 heavy (non-hydrogen) atoms. The van der Waals surface area contributed by atoms with Crippen molar-refractivity contribution in [2.45, 2.75) is 69.7 Å². The van der Waals surface area contributed by atoms with E-state index in [1.165, 1.54) is 32.1 Å². The second kappa shape index (κ2) is 10.8. The second-order valence-corrected chi connectivity index (χ2v) is 10.3. The van der Waals surface area contributed by atoms with Gasteiger partial charge in [0, 0.05) is 18.3 Å². The standard InChI is InChI=1S/C30H34O5/c31-24(17-20-7-3-1-4-8-20)15-16-25-26-18-29(32)34-28(26)19-27(25)35-30(33)23-13-11-22(12-14-23)21-9-5-2-6-10-21/h2,5-6,9-16,20,24-28,31H,1,3-4,7-8,17-19H2/b16-15+/t24-,25-,26-,27-,28+/m1/s1. The zero-order chi connectivity index (χ0) is 24.2. The fourth-order valence-electron chi connectivity index (χ4n) is 6.02. The molecule has 0 amide bonds.